The van der Waals surface area contributed by atoms with Gasteiger partial charge in [-0.2, -0.15) is 0 Å². The number of hydrogen-bond acceptors (Lipinski definition) is 3. The second-order valence-electron chi connectivity index (χ2n) is 3.50. The van der Waals surface area contributed by atoms with E-state index in [1.807, 2.05) is 19.9 Å². The first-order valence-corrected chi connectivity index (χ1v) is 6.44. The van der Waals surface area contributed by atoms with Crippen LogP contribution < -0.4 is 5.32 Å². The Labute approximate surface area is 100 Å². The van der Waals surface area contributed by atoms with Crippen molar-refractivity contribution in [3.8, 4) is 0 Å². The van der Waals surface area contributed by atoms with Crippen LogP contribution in [0.3, 0.4) is 0 Å². The fourth-order valence-corrected chi connectivity index (χ4v) is 2.54. The van der Waals surface area contributed by atoms with Crippen molar-refractivity contribution in [1.29, 1.82) is 0 Å². The van der Waals surface area contributed by atoms with Gasteiger partial charge in [0.2, 0.25) is 0 Å². The van der Waals surface area contributed by atoms with Gasteiger partial charge in [0.25, 0.3) is 0 Å². The Balaban J connectivity index is 2.93. The molecule has 1 unspecified atom stereocenters. The van der Waals surface area contributed by atoms with E-state index in [9.17, 15) is 4.39 Å². The van der Waals surface area contributed by atoms with Crippen LogP contribution >= 0.6 is 11.8 Å². The van der Waals surface area contributed by atoms with Gasteiger partial charge in [-0.3, -0.25) is 0 Å². The van der Waals surface area contributed by atoms with Gasteiger partial charge in [-0.1, -0.05) is 13.0 Å². The van der Waals surface area contributed by atoms with Gasteiger partial charge in [-0.25, -0.2) is 4.39 Å². The van der Waals surface area contributed by atoms with E-state index in [2.05, 4.69) is 5.32 Å². The van der Waals surface area contributed by atoms with Crippen molar-refractivity contribution in [2.75, 3.05) is 18.9 Å². The maximum Gasteiger partial charge on any atom is 0.129 e. The van der Waals surface area contributed by atoms with Gasteiger partial charge in [-0.05, 0) is 25.6 Å². The molecule has 1 aromatic carbocycles. The number of rotatable bonds is 6. The predicted molar refractivity (Wildman–Crippen MR) is 66.3 cm³/mol. The third kappa shape index (κ3) is 3.47. The highest BCUT2D eigenvalue weighted by molar-refractivity contribution is 7.99. The zero-order valence-corrected chi connectivity index (χ0v) is 10.5. The lowest BCUT2D eigenvalue weighted by Crippen LogP contribution is -2.19. The highest BCUT2D eigenvalue weighted by Crippen LogP contribution is 2.29. The Morgan fingerprint density at radius 1 is 1.50 bits per heavy atom. The third-order valence-electron chi connectivity index (χ3n) is 2.31. The molecule has 2 N–H and O–H groups in total. The molecule has 0 spiro atoms. The molecule has 90 valence electrons. The first-order valence-electron chi connectivity index (χ1n) is 5.46. The molecule has 0 heterocycles. The normalized spacial score (nSPS) is 12.8. The maximum absolute atomic E-state index is 13.7. The molecule has 1 rings (SSSR count). The van der Waals surface area contributed by atoms with E-state index >= 15 is 0 Å². The van der Waals surface area contributed by atoms with Crippen molar-refractivity contribution in [3.05, 3.63) is 29.6 Å². The molecule has 4 heteroatoms. The van der Waals surface area contributed by atoms with Crippen LogP contribution in [0.5, 0.6) is 0 Å². The molecule has 0 fully saturated rings. The van der Waals surface area contributed by atoms with E-state index in [0.29, 0.717) is 11.3 Å². The lowest BCUT2D eigenvalue weighted by Gasteiger charge is -2.17. The molecule has 0 aliphatic heterocycles. The van der Waals surface area contributed by atoms with Crippen LogP contribution in [0.4, 0.5) is 4.39 Å². The van der Waals surface area contributed by atoms with Crippen molar-refractivity contribution in [2.24, 2.45) is 0 Å². The SMILES string of the molecule is CCNC(C)c1c(F)cccc1SCCO. The molecule has 2 nitrogen and oxygen atoms in total. The van der Waals surface area contributed by atoms with Crippen LogP contribution in [0.1, 0.15) is 25.5 Å². The van der Waals surface area contributed by atoms with Gasteiger partial charge in [0, 0.05) is 22.3 Å². The molecule has 0 saturated carbocycles. The summed E-state index contributed by atoms with van der Waals surface area (Å²) in [6.07, 6.45) is 0. The van der Waals surface area contributed by atoms with Crippen molar-refractivity contribution in [3.63, 3.8) is 0 Å². The zero-order valence-electron chi connectivity index (χ0n) is 9.66. The van der Waals surface area contributed by atoms with Gasteiger partial charge in [0.1, 0.15) is 5.82 Å². The van der Waals surface area contributed by atoms with E-state index < -0.39 is 0 Å². The molecule has 0 aliphatic rings. The minimum Gasteiger partial charge on any atom is -0.396 e. The molecule has 1 atom stereocenters. The van der Waals surface area contributed by atoms with Crippen molar-refractivity contribution < 1.29 is 9.50 Å². The molecular weight excluding hydrogens is 225 g/mol. The second kappa shape index (κ2) is 6.89. The summed E-state index contributed by atoms with van der Waals surface area (Å²) in [5, 5.41) is 12.0. The molecule has 16 heavy (non-hydrogen) atoms. The number of nitrogens with one attached hydrogen (secondary N) is 1. The van der Waals surface area contributed by atoms with Crippen LogP contribution in [-0.4, -0.2) is 24.0 Å². The smallest absolute Gasteiger partial charge is 0.129 e. The summed E-state index contributed by atoms with van der Waals surface area (Å²) in [5.41, 5.74) is 0.697. The van der Waals surface area contributed by atoms with Crippen molar-refractivity contribution in [1.82, 2.24) is 5.32 Å². The average molecular weight is 243 g/mol. The minimum atomic E-state index is -0.184. The maximum atomic E-state index is 13.7. The summed E-state index contributed by atoms with van der Waals surface area (Å²) in [7, 11) is 0. The standard InChI is InChI=1S/C12H18FNOS/c1-3-14-9(2)12-10(13)5-4-6-11(12)16-8-7-15/h4-6,9,14-15H,3,7-8H2,1-2H3. The van der Waals surface area contributed by atoms with Gasteiger partial charge in [-0.15, -0.1) is 11.8 Å². The van der Waals surface area contributed by atoms with Crippen LogP contribution in [0.2, 0.25) is 0 Å². The summed E-state index contributed by atoms with van der Waals surface area (Å²) < 4.78 is 13.7. The quantitative estimate of drug-likeness (QED) is 0.753. The molecular formula is C12H18FNOS. The molecule has 0 aliphatic carbocycles. The van der Waals surface area contributed by atoms with Gasteiger partial charge < -0.3 is 10.4 Å². The number of halogens is 1. The number of aliphatic hydroxyl groups excluding tert-OH is 1. The summed E-state index contributed by atoms with van der Waals surface area (Å²) in [6, 6.07) is 5.07. The monoisotopic (exact) mass is 243 g/mol. The number of aliphatic hydroxyl groups is 1. The first kappa shape index (κ1) is 13.5. The molecule has 0 bridgehead atoms. The zero-order chi connectivity index (χ0) is 12.0. The third-order valence-corrected chi connectivity index (χ3v) is 3.36. The summed E-state index contributed by atoms with van der Waals surface area (Å²) in [6.45, 7) is 4.86. The minimum absolute atomic E-state index is 0.00704. The Bertz CT molecular complexity index is 333. The Kier molecular flexibility index (Phi) is 5.80. The molecule has 0 amide bonds. The topological polar surface area (TPSA) is 32.3 Å². The van der Waals surface area contributed by atoms with Crippen LogP contribution in [0.15, 0.2) is 23.1 Å². The lowest BCUT2D eigenvalue weighted by atomic mass is 10.1. The fraction of sp³-hybridized carbons (Fsp3) is 0.500. The van der Waals surface area contributed by atoms with Gasteiger partial charge in [0.05, 0.1) is 6.61 Å². The van der Waals surface area contributed by atoms with E-state index in [4.69, 9.17) is 5.11 Å². The average Bonchev–Trinajstić information content (AvgIpc) is 2.26. The second-order valence-corrected chi connectivity index (χ2v) is 4.64. The molecule has 1 aromatic rings. The lowest BCUT2D eigenvalue weighted by molar-refractivity contribution is 0.322. The fourth-order valence-electron chi connectivity index (χ4n) is 1.63. The van der Waals surface area contributed by atoms with E-state index in [0.717, 1.165) is 11.4 Å². The number of benzene rings is 1. The molecule has 0 saturated heterocycles. The van der Waals surface area contributed by atoms with Crippen molar-refractivity contribution >= 4 is 11.8 Å². The number of hydrogen-bond donors (Lipinski definition) is 2. The van der Waals surface area contributed by atoms with Crippen molar-refractivity contribution in [2.45, 2.75) is 24.8 Å². The predicted octanol–water partition coefficient (Wildman–Crippen LogP) is 2.58. The Morgan fingerprint density at radius 2 is 2.25 bits per heavy atom. The Morgan fingerprint density at radius 3 is 2.88 bits per heavy atom. The molecule has 0 aromatic heterocycles. The first-order chi connectivity index (χ1) is 7.70. The van der Waals surface area contributed by atoms with E-state index in [-0.39, 0.29) is 18.5 Å². The van der Waals surface area contributed by atoms with Crippen LogP contribution in [0, 0.1) is 5.82 Å². The number of thioether (sulfide) groups is 1. The Hall–Kier alpha value is -0.580. The highest BCUT2D eigenvalue weighted by atomic mass is 32.2. The summed E-state index contributed by atoms with van der Waals surface area (Å²) >= 11 is 1.49. The highest BCUT2D eigenvalue weighted by Gasteiger charge is 2.14. The van der Waals surface area contributed by atoms with E-state index in [1.165, 1.54) is 17.8 Å². The van der Waals surface area contributed by atoms with E-state index in [1.54, 1.807) is 6.07 Å². The summed E-state index contributed by atoms with van der Waals surface area (Å²) in [4.78, 5) is 0.905. The largest absolute Gasteiger partial charge is 0.396 e. The van der Waals surface area contributed by atoms with Gasteiger partial charge >= 0.3 is 0 Å². The van der Waals surface area contributed by atoms with Crippen LogP contribution in [0.25, 0.3) is 0 Å². The van der Waals surface area contributed by atoms with Crippen LogP contribution in [-0.2, 0) is 0 Å². The van der Waals surface area contributed by atoms with Gasteiger partial charge in [0.15, 0.2) is 0 Å². The molecule has 0 radical (unpaired) electrons. The summed E-state index contributed by atoms with van der Waals surface area (Å²) in [5.74, 6) is 0.409.